The average Bonchev–Trinajstić information content (AvgIpc) is 2.67. The predicted molar refractivity (Wildman–Crippen MR) is 113 cm³/mol. The number of methoxy groups -OCH3 is 1. The van der Waals surface area contributed by atoms with E-state index in [1.54, 1.807) is 19.2 Å². The lowest BCUT2D eigenvalue weighted by atomic mass is 10.0. The van der Waals surface area contributed by atoms with Gasteiger partial charge in [0.1, 0.15) is 5.75 Å². The van der Waals surface area contributed by atoms with Crippen molar-refractivity contribution in [3.63, 3.8) is 0 Å². The van der Waals surface area contributed by atoms with Crippen molar-refractivity contribution in [1.29, 1.82) is 0 Å². The third kappa shape index (κ3) is 4.57. The first-order valence-electron chi connectivity index (χ1n) is 8.97. The number of benzene rings is 2. The highest BCUT2D eigenvalue weighted by molar-refractivity contribution is 6.36. The van der Waals surface area contributed by atoms with Gasteiger partial charge in [-0.25, -0.2) is 4.68 Å². The molecule has 0 fully saturated rings. The third-order valence-electron chi connectivity index (χ3n) is 4.52. The minimum atomic E-state index is -0.0897. The summed E-state index contributed by atoms with van der Waals surface area (Å²) in [5.41, 5.74) is 3.11. The van der Waals surface area contributed by atoms with Gasteiger partial charge in [-0.2, -0.15) is 5.10 Å². The molecule has 0 unspecified atom stereocenters. The Kier molecular flexibility index (Phi) is 6.42. The summed E-state index contributed by atoms with van der Waals surface area (Å²) in [6, 6.07) is 15.7. The minimum absolute atomic E-state index is 0.0754. The summed E-state index contributed by atoms with van der Waals surface area (Å²) in [5, 5.41) is 5.65. The average molecular weight is 416 g/mol. The van der Waals surface area contributed by atoms with E-state index in [1.807, 2.05) is 44.2 Å². The molecule has 6 heteroatoms. The number of hydrogen-bond acceptors (Lipinski definition) is 3. The van der Waals surface area contributed by atoms with E-state index in [0.717, 1.165) is 22.6 Å². The summed E-state index contributed by atoms with van der Waals surface area (Å²) >= 11 is 12.6. The van der Waals surface area contributed by atoms with Crippen molar-refractivity contribution in [2.24, 2.45) is 0 Å². The first kappa shape index (κ1) is 20.4. The van der Waals surface area contributed by atoms with Crippen LogP contribution in [-0.4, -0.2) is 16.9 Å². The van der Waals surface area contributed by atoms with Gasteiger partial charge in [-0.3, -0.25) is 4.79 Å². The number of halogens is 2. The zero-order valence-electron chi connectivity index (χ0n) is 16.0. The van der Waals surface area contributed by atoms with Crippen LogP contribution in [0.4, 0.5) is 0 Å². The number of aromatic nitrogens is 2. The molecule has 0 aliphatic rings. The molecule has 4 nitrogen and oxygen atoms in total. The summed E-state index contributed by atoms with van der Waals surface area (Å²) < 4.78 is 6.69. The molecular formula is C22H21Cl2N2O2. The third-order valence-corrected chi connectivity index (χ3v) is 5.20. The molecule has 0 aliphatic carbocycles. The summed E-state index contributed by atoms with van der Waals surface area (Å²) in [6.45, 7) is 4.37. The molecule has 0 saturated heterocycles. The lowest BCUT2D eigenvalue weighted by molar-refractivity contribution is 0.414. The van der Waals surface area contributed by atoms with E-state index in [2.05, 4.69) is 11.2 Å². The van der Waals surface area contributed by atoms with E-state index in [-0.39, 0.29) is 11.5 Å². The Balaban J connectivity index is 2.00. The van der Waals surface area contributed by atoms with E-state index in [9.17, 15) is 4.79 Å². The predicted octanol–water partition coefficient (Wildman–Crippen LogP) is 5.12. The van der Waals surface area contributed by atoms with Gasteiger partial charge >= 0.3 is 0 Å². The molecule has 1 radical (unpaired) electrons. The first-order valence-corrected chi connectivity index (χ1v) is 9.72. The van der Waals surface area contributed by atoms with Crippen LogP contribution in [0.15, 0.2) is 47.3 Å². The SMILES string of the molecule is COc1ccc(Cn2nc(Cc3c(Cl)c[c]cc3Cl)cc(C(C)C)c2=O)cc1. The highest BCUT2D eigenvalue weighted by Gasteiger charge is 2.15. The van der Waals surface area contributed by atoms with Crippen molar-refractivity contribution in [2.75, 3.05) is 7.11 Å². The van der Waals surface area contributed by atoms with Crippen LogP contribution in [0.1, 0.15) is 42.1 Å². The second kappa shape index (κ2) is 8.80. The van der Waals surface area contributed by atoms with Gasteiger partial charge in [-0.05, 0) is 53.4 Å². The molecule has 145 valence electrons. The summed E-state index contributed by atoms with van der Waals surface area (Å²) in [7, 11) is 1.62. The number of nitrogens with zero attached hydrogens (tertiary/aromatic N) is 2. The number of rotatable bonds is 6. The van der Waals surface area contributed by atoms with Crippen LogP contribution in [0, 0.1) is 6.07 Å². The fourth-order valence-corrected chi connectivity index (χ4v) is 3.47. The van der Waals surface area contributed by atoms with Gasteiger partial charge in [0.15, 0.2) is 0 Å². The van der Waals surface area contributed by atoms with Crippen molar-refractivity contribution in [1.82, 2.24) is 9.78 Å². The van der Waals surface area contributed by atoms with E-state index < -0.39 is 0 Å². The molecule has 3 aromatic rings. The van der Waals surface area contributed by atoms with Gasteiger partial charge < -0.3 is 4.74 Å². The van der Waals surface area contributed by atoms with Gasteiger partial charge in [0.05, 0.1) is 19.3 Å². The Morgan fingerprint density at radius 3 is 2.36 bits per heavy atom. The summed E-state index contributed by atoms with van der Waals surface area (Å²) in [4.78, 5) is 12.9. The van der Waals surface area contributed by atoms with Crippen molar-refractivity contribution in [3.05, 3.63) is 91.3 Å². The maximum Gasteiger partial charge on any atom is 0.270 e. The van der Waals surface area contributed by atoms with Gasteiger partial charge in [-0.15, -0.1) is 0 Å². The molecule has 0 amide bonds. The normalized spacial score (nSPS) is 11.1. The molecule has 0 saturated carbocycles. The van der Waals surface area contributed by atoms with Gasteiger partial charge in [0.2, 0.25) is 0 Å². The Labute approximate surface area is 174 Å². The van der Waals surface area contributed by atoms with Crippen LogP contribution in [-0.2, 0) is 13.0 Å². The monoisotopic (exact) mass is 415 g/mol. The van der Waals surface area contributed by atoms with Gasteiger partial charge in [0.25, 0.3) is 5.56 Å². The number of hydrogen-bond donors (Lipinski definition) is 0. The smallest absolute Gasteiger partial charge is 0.270 e. The van der Waals surface area contributed by atoms with E-state index >= 15 is 0 Å². The molecule has 0 N–H and O–H groups in total. The highest BCUT2D eigenvalue weighted by Crippen LogP contribution is 2.26. The van der Waals surface area contributed by atoms with Gasteiger partial charge in [0, 0.05) is 22.0 Å². The Hall–Kier alpha value is -2.30. The molecule has 2 aromatic carbocycles. The molecule has 3 rings (SSSR count). The zero-order valence-corrected chi connectivity index (χ0v) is 17.5. The standard InChI is InChI=1S/C22H21Cl2N2O2/c1-14(2)18-11-16(12-19-20(23)5-4-6-21(19)24)25-26(22(18)27)13-15-7-9-17(28-3)10-8-15/h5-11,14H,12-13H2,1-3H3. The lowest BCUT2D eigenvalue weighted by Crippen LogP contribution is -2.28. The molecule has 0 atom stereocenters. The van der Waals surface area contributed by atoms with Crippen LogP contribution >= 0.6 is 23.2 Å². The summed E-state index contributed by atoms with van der Waals surface area (Å²) in [5.74, 6) is 0.845. The minimum Gasteiger partial charge on any atom is -0.497 e. The van der Waals surface area contributed by atoms with Crippen LogP contribution in [0.25, 0.3) is 0 Å². The molecule has 0 aliphatic heterocycles. The fourth-order valence-electron chi connectivity index (χ4n) is 2.96. The molecule has 28 heavy (non-hydrogen) atoms. The molecule has 1 heterocycles. The van der Waals surface area contributed by atoms with Crippen molar-refractivity contribution in [3.8, 4) is 5.75 Å². The maximum atomic E-state index is 12.9. The van der Waals surface area contributed by atoms with Crippen molar-refractivity contribution >= 4 is 23.2 Å². The van der Waals surface area contributed by atoms with Crippen molar-refractivity contribution in [2.45, 2.75) is 32.7 Å². The largest absolute Gasteiger partial charge is 0.497 e. The Morgan fingerprint density at radius 1 is 1.14 bits per heavy atom. The highest BCUT2D eigenvalue weighted by atomic mass is 35.5. The van der Waals surface area contributed by atoms with Crippen LogP contribution < -0.4 is 10.3 Å². The second-order valence-electron chi connectivity index (χ2n) is 6.86. The Bertz CT molecular complexity index is 1010. The number of ether oxygens (including phenoxy) is 1. The van der Waals surface area contributed by atoms with Crippen LogP contribution in [0.2, 0.25) is 10.0 Å². The fraction of sp³-hybridized carbons (Fsp3) is 0.273. The van der Waals surface area contributed by atoms with Crippen molar-refractivity contribution < 1.29 is 4.74 Å². The zero-order chi connectivity index (χ0) is 20.3. The molecular weight excluding hydrogens is 395 g/mol. The summed E-state index contributed by atoms with van der Waals surface area (Å²) in [6.07, 6.45) is 0.439. The second-order valence-corrected chi connectivity index (χ2v) is 7.68. The van der Waals surface area contributed by atoms with Crippen LogP contribution in [0.3, 0.4) is 0 Å². The molecule has 1 aromatic heterocycles. The maximum absolute atomic E-state index is 12.9. The van der Waals surface area contributed by atoms with E-state index in [0.29, 0.717) is 28.6 Å². The van der Waals surface area contributed by atoms with E-state index in [1.165, 1.54) is 4.68 Å². The Morgan fingerprint density at radius 2 is 1.79 bits per heavy atom. The quantitative estimate of drug-likeness (QED) is 0.560. The van der Waals surface area contributed by atoms with Crippen LogP contribution in [0.5, 0.6) is 5.75 Å². The van der Waals surface area contributed by atoms with Gasteiger partial charge in [-0.1, -0.05) is 49.2 Å². The molecule has 0 bridgehead atoms. The molecule has 0 spiro atoms. The first-order chi connectivity index (χ1) is 13.4. The van der Waals surface area contributed by atoms with E-state index in [4.69, 9.17) is 27.9 Å². The lowest BCUT2D eigenvalue weighted by Gasteiger charge is -2.14. The topological polar surface area (TPSA) is 44.1 Å².